The van der Waals surface area contributed by atoms with Gasteiger partial charge in [-0.05, 0) is 12.0 Å². The topological polar surface area (TPSA) is 60.2 Å². The van der Waals surface area contributed by atoms with Gasteiger partial charge in [0.1, 0.15) is 0 Å². The van der Waals surface area contributed by atoms with Crippen LogP contribution >= 0.6 is 0 Å². The average Bonchev–Trinajstić information content (AvgIpc) is 2.13. The molecule has 0 aliphatic heterocycles. The van der Waals surface area contributed by atoms with Gasteiger partial charge in [-0.2, -0.15) is 0 Å². The molecule has 0 fully saturated rings. The van der Waals surface area contributed by atoms with Crippen LogP contribution in [0.1, 0.15) is 12.0 Å². The van der Waals surface area contributed by atoms with Crippen LogP contribution in [-0.4, -0.2) is 14.2 Å². The van der Waals surface area contributed by atoms with E-state index in [1.54, 1.807) is 6.08 Å². The number of rotatable bonds is 4. The standard InChI is InChI=1S/C10H13NO2S/c11-14(12,13)9-5-4-8-10-6-2-1-3-7-10/h1-4,6-8H,5,9H2,(H2,11,12,13)/b8-4+. The molecule has 0 unspecified atom stereocenters. The van der Waals surface area contributed by atoms with Gasteiger partial charge in [-0.1, -0.05) is 42.5 Å². The summed E-state index contributed by atoms with van der Waals surface area (Å²) in [6, 6.07) is 9.70. The van der Waals surface area contributed by atoms with Crippen molar-refractivity contribution in [3.05, 3.63) is 42.0 Å². The summed E-state index contributed by atoms with van der Waals surface area (Å²) in [5, 5.41) is 4.85. The Labute approximate surface area is 84.3 Å². The molecule has 0 saturated heterocycles. The quantitative estimate of drug-likeness (QED) is 0.817. The van der Waals surface area contributed by atoms with Crippen LogP contribution in [0, 0.1) is 0 Å². The van der Waals surface area contributed by atoms with Crippen LogP contribution in [0.2, 0.25) is 0 Å². The largest absolute Gasteiger partial charge is 0.229 e. The van der Waals surface area contributed by atoms with Crippen LogP contribution in [0.3, 0.4) is 0 Å². The maximum atomic E-state index is 10.6. The van der Waals surface area contributed by atoms with Gasteiger partial charge in [0.05, 0.1) is 5.75 Å². The van der Waals surface area contributed by atoms with Gasteiger partial charge < -0.3 is 0 Å². The molecule has 0 aliphatic rings. The van der Waals surface area contributed by atoms with E-state index in [2.05, 4.69) is 0 Å². The monoisotopic (exact) mass is 211 g/mol. The zero-order valence-corrected chi connectivity index (χ0v) is 8.57. The smallest absolute Gasteiger partial charge is 0.209 e. The number of benzene rings is 1. The highest BCUT2D eigenvalue weighted by atomic mass is 32.2. The van der Waals surface area contributed by atoms with Crippen LogP contribution in [0.4, 0.5) is 0 Å². The molecule has 0 radical (unpaired) electrons. The summed E-state index contributed by atoms with van der Waals surface area (Å²) in [6.45, 7) is 0. The lowest BCUT2D eigenvalue weighted by Crippen LogP contribution is -2.15. The lowest BCUT2D eigenvalue weighted by Gasteiger charge is -1.93. The van der Waals surface area contributed by atoms with Crippen LogP contribution in [-0.2, 0) is 10.0 Å². The molecule has 0 saturated carbocycles. The molecular formula is C10H13NO2S. The van der Waals surface area contributed by atoms with Crippen molar-refractivity contribution in [1.82, 2.24) is 0 Å². The lowest BCUT2D eigenvalue weighted by molar-refractivity contribution is 0.597. The third-order valence-electron chi connectivity index (χ3n) is 1.68. The predicted octanol–water partition coefficient (Wildman–Crippen LogP) is 1.38. The van der Waals surface area contributed by atoms with E-state index in [0.717, 1.165) is 5.56 Å². The van der Waals surface area contributed by atoms with Crippen molar-refractivity contribution in [2.75, 3.05) is 5.75 Å². The van der Waals surface area contributed by atoms with Gasteiger partial charge in [0.25, 0.3) is 0 Å². The third kappa shape index (κ3) is 4.79. The molecule has 0 amide bonds. The molecule has 0 aliphatic carbocycles. The van der Waals surface area contributed by atoms with Crippen molar-refractivity contribution in [3.8, 4) is 0 Å². The summed E-state index contributed by atoms with van der Waals surface area (Å²) >= 11 is 0. The highest BCUT2D eigenvalue weighted by Crippen LogP contribution is 2.01. The van der Waals surface area contributed by atoms with Crippen molar-refractivity contribution < 1.29 is 8.42 Å². The maximum Gasteiger partial charge on any atom is 0.209 e. The van der Waals surface area contributed by atoms with E-state index >= 15 is 0 Å². The SMILES string of the molecule is NS(=O)(=O)CC/C=C/c1ccccc1. The molecule has 1 aromatic rings. The molecule has 1 rings (SSSR count). The zero-order chi connectivity index (χ0) is 10.4. The minimum atomic E-state index is -3.33. The summed E-state index contributed by atoms with van der Waals surface area (Å²) in [6.07, 6.45) is 4.14. The number of hydrogen-bond donors (Lipinski definition) is 1. The number of primary sulfonamides is 1. The van der Waals surface area contributed by atoms with E-state index in [9.17, 15) is 8.42 Å². The van der Waals surface area contributed by atoms with Crippen LogP contribution < -0.4 is 5.14 Å². The van der Waals surface area contributed by atoms with Gasteiger partial charge in [-0.25, -0.2) is 13.6 Å². The molecule has 14 heavy (non-hydrogen) atoms. The van der Waals surface area contributed by atoms with E-state index in [0.29, 0.717) is 6.42 Å². The highest BCUT2D eigenvalue weighted by molar-refractivity contribution is 7.89. The predicted molar refractivity (Wildman–Crippen MR) is 58.1 cm³/mol. The molecule has 76 valence electrons. The summed E-state index contributed by atoms with van der Waals surface area (Å²) < 4.78 is 21.2. The van der Waals surface area contributed by atoms with Crippen molar-refractivity contribution >= 4 is 16.1 Å². The minimum absolute atomic E-state index is 0.00364. The normalized spacial score (nSPS) is 12.1. The van der Waals surface area contributed by atoms with E-state index in [1.165, 1.54) is 0 Å². The molecule has 0 heterocycles. The molecule has 3 nitrogen and oxygen atoms in total. The van der Waals surface area contributed by atoms with E-state index in [4.69, 9.17) is 5.14 Å². The maximum absolute atomic E-state index is 10.6. The Bertz CT molecular complexity index is 395. The van der Waals surface area contributed by atoms with Crippen LogP contribution in [0.25, 0.3) is 6.08 Å². The fraction of sp³-hybridized carbons (Fsp3) is 0.200. The zero-order valence-electron chi connectivity index (χ0n) is 7.76. The highest BCUT2D eigenvalue weighted by Gasteiger charge is 1.98. The second-order valence-electron chi connectivity index (χ2n) is 2.97. The van der Waals surface area contributed by atoms with E-state index in [1.807, 2.05) is 36.4 Å². The number of allylic oxidation sites excluding steroid dienone is 1. The van der Waals surface area contributed by atoms with Crippen molar-refractivity contribution in [2.45, 2.75) is 6.42 Å². The summed E-state index contributed by atoms with van der Waals surface area (Å²) in [7, 11) is -3.33. The molecule has 1 aromatic carbocycles. The first-order valence-corrected chi connectivity index (χ1v) is 6.01. The number of sulfonamides is 1. The minimum Gasteiger partial charge on any atom is -0.229 e. The number of hydrogen-bond acceptors (Lipinski definition) is 2. The Morgan fingerprint density at radius 1 is 1.21 bits per heavy atom. The van der Waals surface area contributed by atoms with E-state index in [-0.39, 0.29) is 5.75 Å². The summed E-state index contributed by atoms with van der Waals surface area (Å²) in [4.78, 5) is 0. The van der Waals surface area contributed by atoms with Crippen LogP contribution in [0.15, 0.2) is 36.4 Å². The Kier molecular flexibility index (Phi) is 3.85. The molecule has 0 aromatic heterocycles. The lowest BCUT2D eigenvalue weighted by atomic mass is 10.2. The first-order chi connectivity index (χ1) is 6.58. The molecular weight excluding hydrogens is 198 g/mol. The molecule has 0 bridgehead atoms. The second-order valence-corrected chi connectivity index (χ2v) is 4.70. The molecule has 4 heteroatoms. The average molecular weight is 211 g/mol. The van der Waals surface area contributed by atoms with Gasteiger partial charge in [-0.3, -0.25) is 0 Å². The molecule has 0 spiro atoms. The molecule has 0 atom stereocenters. The molecule has 2 N–H and O–H groups in total. The first kappa shape index (κ1) is 10.9. The van der Waals surface area contributed by atoms with Gasteiger partial charge >= 0.3 is 0 Å². The van der Waals surface area contributed by atoms with Gasteiger partial charge in [-0.15, -0.1) is 0 Å². The Hall–Kier alpha value is -1.13. The van der Waals surface area contributed by atoms with Crippen molar-refractivity contribution in [2.24, 2.45) is 5.14 Å². The summed E-state index contributed by atoms with van der Waals surface area (Å²) in [5.74, 6) is -0.00364. The first-order valence-electron chi connectivity index (χ1n) is 4.30. The van der Waals surface area contributed by atoms with Crippen molar-refractivity contribution in [1.29, 1.82) is 0 Å². The fourth-order valence-corrected chi connectivity index (χ4v) is 1.48. The Morgan fingerprint density at radius 3 is 2.43 bits per heavy atom. The van der Waals surface area contributed by atoms with E-state index < -0.39 is 10.0 Å². The summed E-state index contributed by atoms with van der Waals surface area (Å²) in [5.41, 5.74) is 1.06. The van der Waals surface area contributed by atoms with Gasteiger partial charge in [0, 0.05) is 0 Å². The van der Waals surface area contributed by atoms with Crippen molar-refractivity contribution in [3.63, 3.8) is 0 Å². The van der Waals surface area contributed by atoms with Gasteiger partial charge in [0.2, 0.25) is 10.0 Å². The van der Waals surface area contributed by atoms with Crippen LogP contribution in [0.5, 0.6) is 0 Å². The fourth-order valence-electron chi connectivity index (χ4n) is 1.02. The second kappa shape index (κ2) is 4.93. The Morgan fingerprint density at radius 2 is 1.86 bits per heavy atom. The number of nitrogens with two attached hydrogens (primary N) is 1. The Balaban J connectivity index is 2.43. The van der Waals surface area contributed by atoms with Gasteiger partial charge in [0.15, 0.2) is 0 Å². The third-order valence-corrected chi connectivity index (χ3v) is 2.48.